The van der Waals surface area contributed by atoms with Crippen LogP contribution in [0.4, 0.5) is 0 Å². The summed E-state index contributed by atoms with van der Waals surface area (Å²) in [6.07, 6.45) is 0.700. The molecule has 0 saturated heterocycles. The smallest absolute Gasteiger partial charge is 0.254 e. The Kier molecular flexibility index (Phi) is 4.73. The van der Waals surface area contributed by atoms with Crippen molar-refractivity contribution in [2.24, 2.45) is 0 Å². The van der Waals surface area contributed by atoms with Crippen molar-refractivity contribution in [1.82, 2.24) is 19.9 Å². The number of aromatic nitrogens is 3. The summed E-state index contributed by atoms with van der Waals surface area (Å²) in [7, 11) is 0. The molecular formula is C17H14BrClN4OS. The summed E-state index contributed by atoms with van der Waals surface area (Å²) < 4.78 is 0.865. The third kappa shape index (κ3) is 3.69. The summed E-state index contributed by atoms with van der Waals surface area (Å²) in [5.74, 6) is 0.583. The van der Waals surface area contributed by atoms with Crippen LogP contribution in [0.25, 0.3) is 11.4 Å². The Bertz CT molecular complexity index is 970. The lowest BCUT2D eigenvalue weighted by molar-refractivity contribution is 0.240. The Morgan fingerprint density at radius 1 is 1.28 bits per heavy atom. The molecule has 0 bridgehead atoms. The van der Waals surface area contributed by atoms with Gasteiger partial charge in [0.1, 0.15) is 15.4 Å². The summed E-state index contributed by atoms with van der Waals surface area (Å²) in [4.78, 5) is 26.7. The fourth-order valence-electron chi connectivity index (χ4n) is 2.93. The molecule has 0 atom stereocenters. The summed E-state index contributed by atoms with van der Waals surface area (Å²) in [6.45, 7) is 2.24. The highest BCUT2D eigenvalue weighted by molar-refractivity contribution is 9.10. The lowest BCUT2D eigenvalue weighted by atomic mass is 10.1. The van der Waals surface area contributed by atoms with Gasteiger partial charge in [0, 0.05) is 34.6 Å². The standard InChI is InChI=1S/C17H14BrClN4OS/c18-14-9-25-15(21-14)8-23-6-5-12-13(7-23)20-16(22-17(12)24)10-1-3-11(19)4-2-10/h1-4,9H,5-8H2,(H,20,22,24). The monoisotopic (exact) mass is 436 g/mol. The third-order valence-corrected chi connectivity index (χ3v) is 5.95. The minimum Gasteiger partial charge on any atom is -0.306 e. The van der Waals surface area contributed by atoms with E-state index in [1.54, 1.807) is 23.5 Å². The van der Waals surface area contributed by atoms with E-state index in [9.17, 15) is 4.79 Å². The van der Waals surface area contributed by atoms with E-state index >= 15 is 0 Å². The van der Waals surface area contributed by atoms with E-state index in [0.29, 0.717) is 23.8 Å². The number of benzene rings is 1. The number of rotatable bonds is 3. The van der Waals surface area contributed by atoms with Gasteiger partial charge < -0.3 is 4.98 Å². The first-order chi connectivity index (χ1) is 12.1. The largest absolute Gasteiger partial charge is 0.306 e. The molecule has 1 aromatic carbocycles. The van der Waals surface area contributed by atoms with Gasteiger partial charge in [0.2, 0.25) is 0 Å². The zero-order valence-corrected chi connectivity index (χ0v) is 16.3. The van der Waals surface area contributed by atoms with Crippen LogP contribution in [0.5, 0.6) is 0 Å². The van der Waals surface area contributed by atoms with Crippen LogP contribution in [0.2, 0.25) is 5.02 Å². The number of halogens is 2. The predicted octanol–water partition coefficient (Wildman–Crippen LogP) is 3.87. The van der Waals surface area contributed by atoms with Crippen LogP contribution < -0.4 is 5.56 Å². The molecular weight excluding hydrogens is 424 g/mol. The molecule has 3 heterocycles. The average molecular weight is 438 g/mol. The van der Waals surface area contributed by atoms with Crippen molar-refractivity contribution >= 4 is 38.9 Å². The van der Waals surface area contributed by atoms with E-state index in [2.05, 4.69) is 30.8 Å². The minimum absolute atomic E-state index is 0.0495. The van der Waals surface area contributed by atoms with Gasteiger partial charge in [-0.05, 0) is 46.6 Å². The first-order valence-corrected chi connectivity index (χ1v) is 9.84. The van der Waals surface area contributed by atoms with Gasteiger partial charge in [-0.3, -0.25) is 9.69 Å². The van der Waals surface area contributed by atoms with E-state index in [1.807, 2.05) is 17.5 Å². The van der Waals surface area contributed by atoms with Crippen molar-refractivity contribution in [2.75, 3.05) is 6.54 Å². The molecule has 0 saturated carbocycles. The lowest BCUT2D eigenvalue weighted by Gasteiger charge is -2.26. The van der Waals surface area contributed by atoms with Crippen molar-refractivity contribution in [2.45, 2.75) is 19.5 Å². The van der Waals surface area contributed by atoms with E-state index in [4.69, 9.17) is 16.6 Å². The van der Waals surface area contributed by atoms with E-state index < -0.39 is 0 Å². The molecule has 2 aromatic heterocycles. The zero-order chi connectivity index (χ0) is 17.4. The number of nitrogens with zero attached hydrogens (tertiary/aromatic N) is 3. The second-order valence-corrected chi connectivity index (χ2v) is 8.06. The van der Waals surface area contributed by atoms with Gasteiger partial charge in [-0.15, -0.1) is 11.3 Å². The Balaban J connectivity index is 1.62. The molecule has 1 N–H and O–H groups in total. The van der Waals surface area contributed by atoms with E-state index in [0.717, 1.165) is 39.5 Å². The Morgan fingerprint density at radius 3 is 2.80 bits per heavy atom. The van der Waals surface area contributed by atoms with Gasteiger partial charge in [0.05, 0.1) is 12.2 Å². The number of hydrogen-bond donors (Lipinski definition) is 1. The van der Waals surface area contributed by atoms with Gasteiger partial charge in [0.15, 0.2) is 0 Å². The number of nitrogens with one attached hydrogen (secondary N) is 1. The molecule has 1 aliphatic rings. The van der Waals surface area contributed by atoms with Gasteiger partial charge in [-0.1, -0.05) is 11.6 Å². The Labute approximate surface area is 161 Å². The molecule has 0 fully saturated rings. The number of H-pyrrole nitrogens is 1. The van der Waals surface area contributed by atoms with Crippen LogP contribution in [-0.2, 0) is 19.5 Å². The van der Waals surface area contributed by atoms with Crippen LogP contribution in [0, 0.1) is 0 Å². The number of hydrogen-bond acceptors (Lipinski definition) is 5. The molecule has 0 aliphatic carbocycles. The fraction of sp³-hybridized carbons (Fsp3) is 0.235. The summed E-state index contributed by atoms with van der Waals surface area (Å²) in [5, 5.41) is 3.69. The van der Waals surface area contributed by atoms with E-state index in [1.165, 1.54) is 0 Å². The zero-order valence-electron chi connectivity index (χ0n) is 13.1. The van der Waals surface area contributed by atoms with Crippen LogP contribution >= 0.6 is 38.9 Å². The van der Waals surface area contributed by atoms with Gasteiger partial charge in [-0.25, -0.2) is 9.97 Å². The topological polar surface area (TPSA) is 61.9 Å². The molecule has 4 rings (SSSR count). The highest BCUT2D eigenvalue weighted by Crippen LogP contribution is 2.23. The molecule has 0 unspecified atom stereocenters. The first kappa shape index (κ1) is 16.9. The molecule has 128 valence electrons. The summed E-state index contributed by atoms with van der Waals surface area (Å²) >= 11 is 11.0. The Morgan fingerprint density at radius 2 is 2.08 bits per heavy atom. The second kappa shape index (κ2) is 6.99. The molecule has 8 heteroatoms. The average Bonchev–Trinajstić information content (AvgIpc) is 3.00. The predicted molar refractivity (Wildman–Crippen MR) is 103 cm³/mol. The number of aromatic amines is 1. The van der Waals surface area contributed by atoms with Crippen molar-refractivity contribution < 1.29 is 0 Å². The second-order valence-electron chi connectivity index (χ2n) is 5.87. The van der Waals surface area contributed by atoms with E-state index in [-0.39, 0.29) is 5.56 Å². The van der Waals surface area contributed by atoms with Crippen LogP contribution in [-0.4, -0.2) is 26.4 Å². The van der Waals surface area contributed by atoms with Crippen LogP contribution in [0.3, 0.4) is 0 Å². The third-order valence-electron chi connectivity index (χ3n) is 4.15. The maximum atomic E-state index is 12.4. The lowest BCUT2D eigenvalue weighted by Crippen LogP contribution is -2.35. The van der Waals surface area contributed by atoms with Gasteiger partial charge >= 0.3 is 0 Å². The SMILES string of the molecule is O=c1[nH]c(-c2ccc(Cl)cc2)nc2c1CCN(Cc1nc(Br)cs1)C2. The van der Waals surface area contributed by atoms with Crippen LogP contribution in [0.1, 0.15) is 16.3 Å². The molecule has 0 radical (unpaired) electrons. The molecule has 5 nitrogen and oxygen atoms in total. The molecule has 0 spiro atoms. The number of thiazole rings is 1. The van der Waals surface area contributed by atoms with Crippen molar-refractivity contribution in [3.63, 3.8) is 0 Å². The van der Waals surface area contributed by atoms with Gasteiger partial charge in [0.25, 0.3) is 5.56 Å². The Hall–Kier alpha value is -1.54. The maximum absolute atomic E-state index is 12.4. The molecule has 3 aromatic rings. The van der Waals surface area contributed by atoms with Gasteiger partial charge in [-0.2, -0.15) is 0 Å². The minimum atomic E-state index is -0.0495. The normalized spacial score (nSPS) is 14.5. The molecule has 0 amide bonds. The van der Waals surface area contributed by atoms with Crippen molar-refractivity contribution in [1.29, 1.82) is 0 Å². The molecule has 1 aliphatic heterocycles. The van der Waals surface area contributed by atoms with Crippen molar-refractivity contribution in [3.8, 4) is 11.4 Å². The summed E-state index contributed by atoms with van der Waals surface area (Å²) in [5.41, 5.74) is 2.43. The quantitative estimate of drug-likeness (QED) is 0.676. The number of fused-ring (bicyclic) bond motifs is 1. The van der Waals surface area contributed by atoms with Crippen molar-refractivity contribution in [3.05, 3.63) is 65.9 Å². The fourth-order valence-corrected chi connectivity index (χ4v) is 4.36. The maximum Gasteiger partial charge on any atom is 0.254 e. The van der Waals surface area contributed by atoms with Crippen LogP contribution in [0.15, 0.2) is 39.0 Å². The molecule has 25 heavy (non-hydrogen) atoms. The first-order valence-electron chi connectivity index (χ1n) is 7.79. The highest BCUT2D eigenvalue weighted by atomic mass is 79.9. The summed E-state index contributed by atoms with van der Waals surface area (Å²) in [6, 6.07) is 7.31. The highest BCUT2D eigenvalue weighted by Gasteiger charge is 2.22.